The first-order valence-corrected chi connectivity index (χ1v) is 8.08. The monoisotopic (exact) mass is 346 g/mol. The normalized spacial score (nSPS) is 12.0. The van der Waals surface area contributed by atoms with E-state index < -0.39 is 0 Å². The molecule has 0 atom stereocenters. The van der Waals surface area contributed by atoms with Crippen LogP contribution in [0.3, 0.4) is 0 Å². The van der Waals surface area contributed by atoms with Crippen LogP contribution in [0, 0.1) is 6.92 Å². The molecule has 0 fully saturated rings. The van der Waals surface area contributed by atoms with E-state index in [-0.39, 0.29) is 5.91 Å². The lowest BCUT2D eigenvalue weighted by Gasteiger charge is -2.06. The van der Waals surface area contributed by atoms with Crippen molar-refractivity contribution >= 4 is 27.5 Å². The zero-order valence-electron chi connectivity index (χ0n) is 14.2. The molecule has 0 N–H and O–H groups in total. The number of carbonyl (C=O) groups is 1. The van der Waals surface area contributed by atoms with Crippen LogP contribution in [-0.4, -0.2) is 34.5 Å². The van der Waals surface area contributed by atoms with Crippen molar-refractivity contribution in [3.05, 3.63) is 34.4 Å². The number of aromatic nitrogens is 3. The van der Waals surface area contributed by atoms with E-state index in [2.05, 4.69) is 10.1 Å². The van der Waals surface area contributed by atoms with Gasteiger partial charge in [-0.25, -0.2) is 0 Å². The molecule has 0 saturated carbocycles. The van der Waals surface area contributed by atoms with Crippen LogP contribution in [0.4, 0.5) is 0 Å². The van der Waals surface area contributed by atoms with Crippen molar-refractivity contribution in [3.63, 3.8) is 0 Å². The minimum Gasteiger partial charge on any atom is -0.495 e. The van der Waals surface area contributed by atoms with Crippen molar-refractivity contribution in [1.82, 2.24) is 14.3 Å². The Labute approximate surface area is 142 Å². The van der Waals surface area contributed by atoms with E-state index in [0.717, 1.165) is 15.9 Å². The van der Waals surface area contributed by atoms with Gasteiger partial charge in [0.25, 0.3) is 5.91 Å². The molecule has 1 amide bonds. The minimum absolute atomic E-state index is 0.325. The Balaban J connectivity index is 2.19. The van der Waals surface area contributed by atoms with Gasteiger partial charge in [-0.2, -0.15) is 10.1 Å². The average molecular weight is 346 g/mol. The van der Waals surface area contributed by atoms with Gasteiger partial charge in [0.2, 0.25) is 0 Å². The second-order valence-electron chi connectivity index (χ2n) is 5.30. The van der Waals surface area contributed by atoms with Gasteiger partial charge in [-0.05, 0) is 25.1 Å². The maximum absolute atomic E-state index is 12.4. The number of thiazole rings is 1. The molecule has 0 bridgehead atoms. The molecule has 0 aliphatic rings. The highest BCUT2D eigenvalue weighted by molar-refractivity contribution is 7.16. The molecule has 24 heavy (non-hydrogen) atoms. The van der Waals surface area contributed by atoms with Crippen molar-refractivity contribution in [2.24, 2.45) is 19.1 Å². The van der Waals surface area contributed by atoms with Gasteiger partial charge in [0.1, 0.15) is 21.7 Å². The fraction of sp³-hybridized carbons (Fsp3) is 0.312. The summed E-state index contributed by atoms with van der Waals surface area (Å²) in [5.74, 6) is 1.04. The van der Waals surface area contributed by atoms with Gasteiger partial charge in [0.05, 0.1) is 14.2 Å². The van der Waals surface area contributed by atoms with Gasteiger partial charge in [-0.1, -0.05) is 11.3 Å². The Morgan fingerprint density at radius 2 is 1.88 bits per heavy atom. The average Bonchev–Trinajstić information content (AvgIpc) is 3.08. The van der Waals surface area contributed by atoms with E-state index in [1.54, 1.807) is 32.0 Å². The summed E-state index contributed by atoms with van der Waals surface area (Å²) in [6.07, 6.45) is 0. The summed E-state index contributed by atoms with van der Waals surface area (Å²) in [6, 6.07) is 5.40. The molecule has 2 aromatic heterocycles. The number of carbonyl (C=O) groups excluding carboxylic acids is 1. The lowest BCUT2D eigenvalue weighted by Crippen LogP contribution is -2.14. The zero-order valence-corrected chi connectivity index (χ0v) is 15.0. The summed E-state index contributed by atoms with van der Waals surface area (Å²) in [7, 11) is 6.86. The van der Waals surface area contributed by atoms with E-state index >= 15 is 0 Å². The quantitative estimate of drug-likeness (QED) is 0.728. The lowest BCUT2D eigenvalue weighted by molar-refractivity contribution is 0.0992. The van der Waals surface area contributed by atoms with Gasteiger partial charge in [0.15, 0.2) is 10.5 Å². The van der Waals surface area contributed by atoms with Crippen LogP contribution in [0.15, 0.2) is 23.2 Å². The first kappa shape index (κ1) is 16.3. The fourth-order valence-corrected chi connectivity index (χ4v) is 3.56. The Bertz CT molecular complexity index is 977. The number of benzene rings is 1. The van der Waals surface area contributed by atoms with Crippen LogP contribution in [-0.2, 0) is 14.1 Å². The van der Waals surface area contributed by atoms with Crippen LogP contribution in [0.25, 0.3) is 10.2 Å². The topological polar surface area (TPSA) is 70.6 Å². The summed E-state index contributed by atoms with van der Waals surface area (Å²) in [5, 5.41) is 4.18. The van der Waals surface area contributed by atoms with Gasteiger partial charge in [-0.15, -0.1) is 0 Å². The Morgan fingerprint density at radius 1 is 1.21 bits per heavy atom. The number of rotatable bonds is 3. The Hall–Kier alpha value is -2.61. The standard InChI is InChI=1S/C16H18N4O3S/c1-9-8-10(18-20(9)3)15(21)17-16-19(2)13-11(22-4)6-7-12(23-5)14(13)24-16/h6-8H,1-5H3. The summed E-state index contributed by atoms with van der Waals surface area (Å²) in [6.45, 7) is 1.89. The first-order chi connectivity index (χ1) is 11.5. The maximum Gasteiger partial charge on any atom is 0.300 e. The number of hydrogen-bond donors (Lipinski definition) is 0. The molecule has 1 aromatic carbocycles. The third-order valence-corrected chi connectivity index (χ3v) is 4.99. The molecule has 3 rings (SSSR count). The van der Waals surface area contributed by atoms with Gasteiger partial charge in [-0.3, -0.25) is 9.48 Å². The molecule has 2 heterocycles. The molecular weight excluding hydrogens is 328 g/mol. The van der Waals surface area contributed by atoms with Crippen LogP contribution in [0.2, 0.25) is 0 Å². The summed E-state index contributed by atoms with van der Waals surface area (Å²) in [4.78, 5) is 17.2. The van der Waals surface area contributed by atoms with Crippen molar-refractivity contribution in [2.75, 3.05) is 14.2 Å². The smallest absolute Gasteiger partial charge is 0.300 e. The fourth-order valence-electron chi connectivity index (χ4n) is 2.44. The van der Waals surface area contributed by atoms with E-state index in [0.29, 0.717) is 22.0 Å². The highest BCUT2D eigenvalue weighted by Crippen LogP contribution is 2.34. The van der Waals surface area contributed by atoms with Crippen molar-refractivity contribution in [1.29, 1.82) is 0 Å². The molecule has 7 nitrogen and oxygen atoms in total. The predicted octanol–water partition coefficient (Wildman–Crippen LogP) is 2.04. The minimum atomic E-state index is -0.376. The highest BCUT2D eigenvalue weighted by Gasteiger charge is 2.15. The summed E-state index contributed by atoms with van der Waals surface area (Å²) < 4.78 is 15.2. The number of ether oxygens (including phenoxy) is 2. The van der Waals surface area contributed by atoms with Crippen LogP contribution < -0.4 is 14.3 Å². The number of fused-ring (bicyclic) bond motifs is 1. The van der Waals surface area contributed by atoms with Gasteiger partial charge >= 0.3 is 0 Å². The molecule has 0 aliphatic carbocycles. The number of aryl methyl sites for hydroxylation is 3. The second kappa shape index (κ2) is 6.12. The lowest BCUT2D eigenvalue weighted by atomic mass is 10.3. The van der Waals surface area contributed by atoms with Crippen molar-refractivity contribution in [2.45, 2.75) is 6.92 Å². The second-order valence-corrected chi connectivity index (χ2v) is 6.28. The molecule has 8 heteroatoms. The number of amides is 1. The van der Waals surface area contributed by atoms with Gasteiger partial charge < -0.3 is 14.0 Å². The van der Waals surface area contributed by atoms with Crippen LogP contribution in [0.1, 0.15) is 16.2 Å². The molecule has 0 spiro atoms. The largest absolute Gasteiger partial charge is 0.495 e. The predicted molar refractivity (Wildman–Crippen MR) is 91.7 cm³/mol. The SMILES string of the molecule is COc1ccc(OC)c2c1sc(=NC(=O)c1cc(C)n(C)n1)n2C. The maximum atomic E-state index is 12.4. The van der Waals surface area contributed by atoms with E-state index in [1.165, 1.54) is 11.3 Å². The van der Waals surface area contributed by atoms with Crippen LogP contribution in [0.5, 0.6) is 11.5 Å². The summed E-state index contributed by atoms with van der Waals surface area (Å²) in [5.41, 5.74) is 2.06. The number of nitrogens with zero attached hydrogens (tertiary/aromatic N) is 4. The van der Waals surface area contributed by atoms with Crippen molar-refractivity contribution in [3.8, 4) is 11.5 Å². The molecule has 0 saturated heterocycles. The van der Waals surface area contributed by atoms with Gasteiger partial charge in [0, 0.05) is 19.8 Å². The Kier molecular flexibility index (Phi) is 4.15. The third kappa shape index (κ3) is 2.58. The number of methoxy groups -OCH3 is 2. The Morgan fingerprint density at radius 3 is 2.46 bits per heavy atom. The molecule has 0 unspecified atom stereocenters. The summed E-state index contributed by atoms with van der Waals surface area (Å²) >= 11 is 1.37. The van der Waals surface area contributed by atoms with Crippen molar-refractivity contribution < 1.29 is 14.3 Å². The number of hydrogen-bond acceptors (Lipinski definition) is 5. The molecule has 126 valence electrons. The third-order valence-electron chi connectivity index (χ3n) is 3.84. The molecule has 0 aliphatic heterocycles. The van der Waals surface area contributed by atoms with E-state index in [1.807, 2.05) is 30.7 Å². The molecular formula is C16H18N4O3S. The van der Waals surface area contributed by atoms with E-state index in [9.17, 15) is 4.79 Å². The van der Waals surface area contributed by atoms with Crippen LogP contribution >= 0.6 is 11.3 Å². The molecule has 3 aromatic rings. The highest BCUT2D eigenvalue weighted by atomic mass is 32.1. The van der Waals surface area contributed by atoms with E-state index in [4.69, 9.17) is 9.47 Å². The molecule has 0 radical (unpaired) electrons. The first-order valence-electron chi connectivity index (χ1n) is 7.26. The zero-order chi connectivity index (χ0) is 17.4.